The zero-order valence-corrected chi connectivity index (χ0v) is 11.4. The molecule has 9 heteroatoms. The summed E-state index contributed by atoms with van der Waals surface area (Å²) in [6, 6.07) is -0.714. The molecule has 2 amide bonds. The molecule has 0 saturated carbocycles. The van der Waals surface area contributed by atoms with E-state index in [-0.39, 0.29) is 24.7 Å². The molecule has 100 valence electrons. The van der Waals surface area contributed by atoms with E-state index in [0.717, 1.165) is 6.26 Å². The summed E-state index contributed by atoms with van der Waals surface area (Å²) in [4.78, 5) is 22.2. The fourth-order valence-electron chi connectivity index (χ4n) is 0.985. The third-order valence-corrected chi connectivity index (χ3v) is 2.76. The van der Waals surface area contributed by atoms with E-state index in [1.807, 2.05) is 0 Å². The normalized spacial score (nSPS) is 12.9. The van der Waals surface area contributed by atoms with Crippen molar-refractivity contribution in [2.45, 2.75) is 13.0 Å². The van der Waals surface area contributed by atoms with Crippen molar-refractivity contribution in [2.75, 3.05) is 25.1 Å². The monoisotopic (exact) mass is 283 g/mol. The van der Waals surface area contributed by atoms with Crippen molar-refractivity contribution in [3.63, 3.8) is 0 Å². The molecular formula is C8H17N3O4S2. The Morgan fingerprint density at radius 1 is 1.29 bits per heavy atom. The average Bonchev–Trinajstić information content (AvgIpc) is 2.19. The molecule has 0 aromatic carbocycles. The molecule has 0 heterocycles. The van der Waals surface area contributed by atoms with Crippen molar-refractivity contribution in [3.8, 4) is 0 Å². The number of carbonyl (C=O) groups excluding carboxylic acids is 2. The number of sulfonamides is 1. The highest BCUT2D eigenvalue weighted by Crippen LogP contribution is 1.88. The van der Waals surface area contributed by atoms with Crippen LogP contribution in [0.5, 0.6) is 0 Å². The van der Waals surface area contributed by atoms with Crippen LogP contribution in [0.3, 0.4) is 0 Å². The number of thiol groups is 1. The van der Waals surface area contributed by atoms with E-state index in [9.17, 15) is 18.0 Å². The second kappa shape index (κ2) is 7.51. The predicted octanol–water partition coefficient (Wildman–Crippen LogP) is -1.91. The zero-order valence-electron chi connectivity index (χ0n) is 9.69. The van der Waals surface area contributed by atoms with Crippen molar-refractivity contribution in [1.82, 2.24) is 15.4 Å². The van der Waals surface area contributed by atoms with Gasteiger partial charge in [-0.25, -0.2) is 13.1 Å². The standard InChI is InChI=1S/C8H17N3O4S2/c1-6(12)11-7(5-16)8(13)9-3-4-10-17(2,14)15/h7,10,16H,3-5H2,1-2H3,(H,9,13)(H,11,12). The fourth-order valence-corrected chi connectivity index (χ4v) is 1.71. The lowest BCUT2D eigenvalue weighted by Crippen LogP contribution is -2.48. The van der Waals surface area contributed by atoms with Crippen LogP contribution in [-0.4, -0.2) is 51.4 Å². The zero-order chi connectivity index (χ0) is 13.5. The van der Waals surface area contributed by atoms with Crippen molar-refractivity contribution in [1.29, 1.82) is 0 Å². The lowest BCUT2D eigenvalue weighted by molar-refractivity contribution is -0.127. The van der Waals surface area contributed by atoms with Crippen molar-refractivity contribution < 1.29 is 18.0 Å². The van der Waals surface area contributed by atoms with E-state index >= 15 is 0 Å². The molecule has 0 aliphatic rings. The van der Waals surface area contributed by atoms with Gasteiger partial charge in [-0.3, -0.25) is 9.59 Å². The Morgan fingerprint density at radius 3 is 2.29 bits per heavy atom. The summed E-state index contributed by atoms with van der Waals surface area (Å²) < 4.78 is 23.7. The minimum absolute atomic E-state index is 0.101. The number of carbonyl (C=O) groups is 2. The van der Waals surface area contributed by atoms with Gasteiger partial charge >= 0.3 is 0 Å². The lowest BCUT2D eigenvalue weighted by atomic mass is 10.3. The Balaban J connectivity index is 3.95. The molecule has 0 fully saturated rings. The summed E-state index contributed by atoms with van der Waals surface area (Å²) >= 11 is 3.93. The van der Waals surface area contributed by atoms with Gasteiger partial charge in [0, 0.05) is 25.8 Å². The third kappa shape index (κ3) is 8.95. The summed E-state index contributed by atoms with van der Waals surface area (Å²) in [5, 5.41) is 4.90. The molecule has 0 aromatic heterocycles. The van der Waals surface area contributed by atoms with Gasteiger partial charge in [0.1, 0.15) is 6.04 Å². The number of hydrogen-bond donors (Lipinski definition) is 4. The summed E-state index contributed by atoms with van der Waals surface area (Å²) in [6.07, 6.45) is 1.03. The highest BCUT2D eigenvalue weighted by atomic mass is 32.2. The van der Waals surface area contributed by atoms with Gasteiger partial charge in [0.2, 0.25) is 21.8 Å². The Kier molecular flexibility index (Phi) is 7.16. The first-order valence-electron chi connectivity index (χ1n) is 4.86. The first-order chi connectivity index (χ1) is 7.76. The molecule has 0 saturated heterocycles. The predicted molar refractivity (Wildman–Crippen MR) is 67.3 cm³/mol. The molecule has 0 radical (unpaired) electrons. The Labute approximate surface area is 106 Å². The van der Waals surface area contributed by atoms with E-state index in [1.165, 1.54) is 6.92 Å². The minimum atomic E-state index is -3.25. The highest BCUT2D eigenvalue weighted by molar-refractivity contribution is 7.88. The maximum absolute atomic E-state index is 11.5. The summed E-state index contributed by atoms with van der Waals surface area (Å²) in [7, 11) is -3.25. The van der Waals surface area contributed by atoms with Gasteiger partial charge in [0.25, 0.3) is 0 Å². The number of hydrogen-bond acceptors (Lipinski definition) is 5. The van der Waals surface area contributed by atoms with Gasteiger partial charge in [0.15, 0.2) is 0 Å². The van der Waals surface area contributed by atoms with Crippen LogP contribution < -0.4 is 15.4 Å². The SMILES string of the molecule is CC(=O)NC(CS)C(=O)NCCNS(C)(=O)=O. The number of rotatable bonds is 7. The minimum Gasteiger partial charge on any atom is -0.353 e. The second-order valence-electron chi connectivity index (χ2n) is 3.39. The molecular weight excluding hydrogens is 266 g/mol. The van der Waals surface area contributed by atoms with Crippen molar-refractivity contribution in [3.05, 3.63) is 0 Å². The van der Waals surface area contributed by atoms with Gasteiger partial charge in [-0.15, -0.1) is 0 Å². The fraction of sp³-hybridized carbons (Fsp3) is 0.750. The lowest BCUT2D eigenvalue weighted by Gasteiger charge is -2.15. The third-order valence-electron chi connectivity index (χ3n) is 1.67. The van der Waals surface area contributed by atoms with E-state index in [1.54, 1.807) is 0 Å². The largest absolute Gasteiger partial charge is 0.353 e. The Hall–Kier alpha value is -0.800. The first kappa shape index (κ1) is 16.2. The second-order valence-corrected chi connectivity index (χ2v) is 5.59. The van der Waals surface area contributed by atoms with Gasteiger partial charge in [-0.2, -0.15) is 12.6 Å². The smallest absolute Gasteiger partial charge is 0.243 e. The number of amides is 2. The van der Waals surface area contributed by atoms with Gasteiger partial charge in [-0.05, 0) is 0 Å². The Morgan fingerprint density at radius 2 is 1.88 bits per heavy atom. The maximum Gasteiger partial charge on any atom is 0.243 e. The van der Waals surface area contributed by atoms with Gasteiger partial charge in [-0.1, -0.05) is 0 Å². The van der Waals surface area contributed by atoms with E-state index in [4.69, 9.17) is 0 Å². The quantitative estimate of drug-likeness (QED) is 0.323. The van der Waals surface area contributed by atoms with Crippen LogP contribution in [0.25, 0.3) is 0 Å². The molecule has 1 atom stereocenters. The molecule has 0 aliphatic heterocycles. The Bertz CT molecular complexity index is 369. The maximum atomic E-state index is 11.5. The van der Waals surface area contributed by atoms with Gasteiger partial charge < -0.3 is 10.6 Å². The number of nitrogens with one attached hydrogen (secondary N) is 3. The van der Waals surface area contributed by atoms with E-state index < -0.39 is 22.0 Å². The van der Waals surface area contributed by atoms with Gasteiger partial charge in [0.05, 0.1) is 6.26 Å². The van der Waals surface area contributed by atoms with E-state index in [0.29, 0.717) is 0 Å². The molecule has 7 nitrogen and oxygen atoms in total. The topological polar surface area (TPSA) is 104 Å². The van der Waals surface area contributed by atoms with Crippen LogP contribution in [0.2, 0.25) is 0 Å². The molecule has 1 unspecified atom stereocenters. The molecule has 0 spiro atoms. The molecule has 17 heavy (non-hydrogen) atoms. The molecule has 0 rings (SSSR count). The van der Waals surface area contributed by atoms with Crippen LogP contribution in [0.4, 0.5) is 0 Å². The van der Waals surface area contributed by atoms with Crippen molar-refractivity contribution in [2.24, 2.45) is 0 Å². The van der Waals surface area contributed by atoms with Crippen LogP contribution in [0.15, 0.2) is 0 Å². The van der Waals surface area contributed by atoms with Crippen molar-refractivity contribution >= 4 is 34.5 Å². The van der Waals surface area contributed by atoms with E-state index in [2.05, 4.69) is 28.0 Å². The summed E-state index contributed by atoms with van der Waals surface area (Å²) in [6.45, 7) is 1.55. The molecule has 3 N–H and O–H groups in total. The summed E-state index contributed by atoms with van der Waals surface area (Å²) in [5.74, 6) is -0.552. The molecule has 0 aromatic rings. The van der Waals surface area contributed by atoms with Crippen LogP contribution in [-0.2, 0) is 19.6 Å². The van der Waals surface area contributed by atoms with Crippen LogP contribution in [0.1, 0.15) is 6.92 Å². The summed E-state index contributed by atoms with van der Waals surface area (Å²) in [5.41, 5.74) is 0. The van der Waals surface area contributed by atoms with Crippen LogP contribution >= 0.6 is 12.6 Å². The average molecular weight is 283 g/mol. The highest BCUT2D eigenvalue weighted by Gasteiger charge is 2.16. The van der Waals surface area contributed by atoms with Crippen LogP contribution in [0, 0.1) is 0 Å². The first-order valence-corrected chi connectivity index (χ1v) is 7.39. The molecule has 0 bridgehead atoms. The molecule has 0 aliphatic carbocycles.